The lowest BCUT2D eigenvalue weighted by Gasteiger charge is -2.32. The number of hydrogen-bond acceptors (Lipinski definition) is 4. The number of nitrogens with zero attached hydrogens (tertiary/aromatic N) is 2. The lowest BCUT2D eigenvalue weighted by molar-refractivity contribution is -0.139. The van der Waals surface area contributed by atoms with Crippen LogP contribution in [0.4, 0.5) is 11.4 Å². The first-order valence-corrected chi connectivity index (χ1v) is 16.5. The number of carboxylic acid groups (broad SMARTS) is 1. The second-order valence-corrected chi connectivity index (χ2v) is 13.8. The van der Waals surface area contributed by atoms with Crippen LogP contribution in [0.25, 0.3) is 11.1 Å². The topological polar surface area (TPSA) is 90.0 Å². The molecule has 0 saturated heterocycles. The van der Waals surface area contributed by atoms with E-state index in [0.29, 0.717) is 12.1 Å². The van der Waals surface area contributed by atoms with Gasteiger partial charge in [-0.15, -0.1) is 0 Å². The third-order valence-electron chi connectivity index (χ3n) is 9.20. The van der Waals surface area contributed by atoms with E-state index in [4.69, 9.17) is 0 Å². The molecule has 1 aliphatic heterocycles. The zero-order chi connectivity index (χ0) is 33.1. The number of rotatable bonds is 10. The molecule has 0 atom stereocenters. The fraction of sp³-hybridized carbons (Fsp3) is 0.325. The number of fused-ring (bicyclic) bond motifs is 1. The lowest BCUT2D eigenvalue weighted by atomic mass is 9.86. The van der Waals surface area contributed by atoms with Crippen LogP contribution in [0.15, 0.2) is 91.0 Å². The Balaban J connectivity index is 1.30. The molecule has 7 nitrogen and oxygen atoms in total. The highest BCUT2D eigenvalue weighted by atomic mass is 16.4. The molecular weight excluding hydrogens is 586 g/mol. The Morgan fingerprint density at radius 1 is 0.872 bits per heavy atom. The van der Waals surface area contributed by atoms with Crippen molar-refractivity contribution in [1.82, 2.24) is 4.90 Å². The van der Waals surface area contributed by atoms with Gasteiger partial charge < -0.3 is 20.2 Å². The van der Waals surface area contributed by atoms with Crippen molar-refractivity contribution in [2.75, 3.05) is 23.3 Å². The van der Waals surface area contributed by atoms with Crippen molar-refractivity contribution in [1.29, 1.82) is 0 Å². The Morgan fingerprint density at radius 3 is 2.30 bits per heavy atom. The van der Waals surface area contributed by atoms with Crippen LogP contribution in [0.3, 0.4) is 0 Å². The van der Waals surface area contributed by atoms with Crippen LogP contribution in [0.2, 0.25) is 0 Å². The molecule has 0 radical (unpaired) electrons. The fourth-order valence-electron chi connectivity index (χ4n) is 6.26. The Labute approximate surface area is 277 Å². The van der Waals surface area contributed by atoms with Crippen LogP contribution >= 0.6 is 0 Å². The maximum atomic E-state index is 13.7. The molecule has 4 aromatic rings. The minimum atomic E-state index is -0.913. The third-order valence-corrected chi connectivity index (χ3v) is 9.20. The summed E-state index contributed by atoms with van der Waals surface area (Å²) >= 11 is 0. The largest absolute Gasteiger partial charge is 0.481 e. The highest BCUT2D eigenvalue weighted by molar-refractivity contribution is 6.06. The highest BCUT2D eigenvalue weighted by Gasteiger charge is 2.33. The molecule has 1 heterocycles. The fourth-order valence-corrected chi connectivity index (χ4v) is 6.26. The molecule has 0 unspecified atom stereocenters. The molecule has 2 N–H and O–H groups in total. The van der Waals surface area contributed by atoms with E-state index >= 15 is 0 Å². The van der Waals surface area contributed by atoms with Gasteiger partial charge in [0.15, 0.2) is 0 Å². The maximum absolute atomic E-state index is 13.7. The maximum Gasteiger partial charge on any atom is 0.305 e. The second-order valence-electron chi connectivity index (χ2n) is 13.8. The van der Waals surface area contributed by atoms with Gasteiger partial charge in [-0.3, -0.25) is 14.4 Å². The predicted molar refractivity (Wildman–Crippen MR) is 187 cm³/mol. The lowest BCUT2D eigenvalue weighted by Crippen LogP contribution is -2.33. The summed E-state index contributed by atoms with van der Waals surface area (Å²) in [5.41, 5.74) is 8.95. The van der Waals surface area contributed by atoms with Gasteiger partial charge in [-0.25, -0.2) is 0 Å². The van der Waals surface area contributed by atoms with Gasteiger partial charge in [-0.05, 0) is 88.4 Å². The van der Waals surface area contributed by atoms with E-state index in [1.54, 1.807) is 4.90 Å². The molecule has 6 rings (SSSR count). The molecule has 4 aromatic carbocycles. The monoisotopic (exact) mass is 629 g/mol. The summed E-state index contributed by atoms with van der Waals surface area (Å²) in [6.45, 7) is 8.62. The molecule has 0 aromatic heterocycles. The Kier molecular flexibility index (Phi) is 9.17. The normalized spacial score (nSPS) is 14.3. The van der Waals surface area contributed by atoms with Crippen molar-refractivity contribution < 1.29 is 19.5 Å². The van der Waals surface area contributed by atoms with Crippen molar-refractivity contribution in [3.05, 3.63) is 119 Å². The molecular formula is C40H43N3O4. The van der Waals surface area contributed by atoms with Crippen molar-refractivity contribution in [2.24, 2.45) is 5.92 Å². The van der Waals surface area contributed by atoms with E-state index in [0.717, 1.165) is 60.4 Å². The number of carbonyl (C=O) groups is 3. The zero-order valence-corrected chi connectivity index (χ0v) is 27.5. The standard InChI is InChI=1S/C40H43N3O4/c1-40(2,3)34-16-13-29(14-17-34)38(46)41-35-24-32(15-18-36(35)42-21-19-28-8-4-5-9-33(28)26-42)31-10-6-7-27(23-31)25-43(22-20-37(44)45)39(47)30-11-12-30/h4-10,13-18,23-24,30H,11-12,19-22,25-26H2,1-3H3,(H,41,46)(H,44,45). The minimum Gasteiger partial charge on any atom is -0.481 e. The average molecular weight is 630 g/mol. The summed E-state index contributed by atoms with van der Waals surface area (Å²) in [5.74, 6) is -1.03. The van der Waals surface area contributed by atoms with Gasteiger partial charge >= 0.3 is 5.97 Å². The van der Waals surface area contributed by atoms with Gasteiger partial charge in [-0.2, -0.15) is 0 Å². The zero-order valence-electron chi connectivity index (χ0n) is 27.5. The molecule has 0 bridgehead atoms. The molecule has 2 aliphatic rings. The van der Waals surface area contributed by atoms with Gasteiger partial charge in [0.1, 0.15) is 0 Å². The van der Waals surface area contributed by atoms with Gasteiger partial charge in [0.2, 0.25) is 5.91 Å². The van der Waals surface area contributed by atoms with Crippen LogP contribution in [0.5, 0.6) is 0 Å². The Morgan fingerprint density at radius 2 is 1.60 bits per heavy atom. The average Bonchev–Trinajstić information content (AvgIpc) is 3.92. The third kappa shape index (κ3) is 7.74. The van der Waals surface area contributed by atoms with Crippen LogP contribution in [0, 0.1) is 5.92 Å². The molecule has 47 heavy (non-hydrogen) atoms. The van der Waals surface area contributed by atoms with Crippen LogP contribution < -0.4 is 10.2 Å². The van der Waals surface area contributed by atoms with Gasteiger partial charge in [0.25, 0.3) is 5.91 Å². The first-order valence-electron chi connectivity index (χ1n) is 16.5. The van der Waals surface area contributed by atoms with Gasteiger partial charge in [0, 0.05) is 37.7 Å². The quantitative estimate of drug-likeness (QED) is 0.188. The molecule has 1 saturated carbocycles. The van der Waals surface area contributed by atoms with E-state index < -0.39 is 5.97 Å². The minimum absolute atomic E-state index is 0.00588. The van der Waals surface area contributed by atoms with Gasteiger partial charge in [0.05, 0.1) is 17.8 Å². The number of benzene rings is 4. The summed E-state index contributed by atoms with van der Waals surface area (Å²) < 4.78 is 0. The summed E-state index contributed by atoms with van der Waals surface area (Å²) in [7, 11) is 0. The second kappa shape index (κ2) is 13.4. The molecule has 242 valence electrons. The van der Waals surface area contributed by atoms with Crippen molar-refractivity contribution >= 4 is 29.2 Å². The summed E-state index contributed by atoms with van der Waals surface area (Å²) in [5, 5.41) is 12.5. The Bertz CT molecular complexity index is 1790. The van der Waals surface area contributed by atoms with Crippen LogP contribution in [0.1, 0.15) is 72.6 Å². The SMILES string of the molecule is CC(C)(C)c1ccc(C(=O)Nc2cc(-c3cccc(CN(CCC(=O)O)C(=O)C4CC4)c3)ccc2N2CCc3ccccc3C2)cc1. The van der Waals surface area contributed by atoms with E-state index in [9.17, 15) is 19.5 Å². The van der Waals surface area contributed by atoms with Crippen molar-refractivity contribution in [3.63, 3.8) is 0 Å². The first-order chi connectivity index (χ1) is 22.5. The number of aliphatic carboxylic acids is 1. The summed E-state index contributed by atoms with van der Waals surface area (Å²) in [6.07, 6.45) is 2.58. The highest BCUT2D eigenvalue weighted by Crippen LogP contribution is 2.36. The number of anilines is 2. The molecule has 7 heteroatoms. The first kappa shape index (κ1) is 32.0. The molecule has 1 fully saturated rings. The molecule has 0 spiro atoms. The van der Waals surface area contributed by atoms with Crippen LogP contribution in [-0.4, -0.2) is 40.9 Å². The van der Waals surface area contributed by atoms with E-state index in [2.05, 4.69) is 73.5 Å². The number of carboxylic acids is 1. The Hall–Kier alpha value is -4.91. The predicted octanol–water partition coefficient (Wildman–Crippen LogP) is 7.68. The molecule has 2 amide bonds. The summed E-state index contributed by atoms with van der Waals surface area (Å²) in [4.78, 5) is 41.9. The number of hydrogen-bond donors (Lipinski definition) is 2. The van der Waals surface area contributed by atoms with E-state index in [-0.39, 0.29) is 36.1 Å². The number of nitrogens with one attached hydrogen (secondary N) is 1. The van der Waals surface area contributed by atoms with Crippen molar-refractivity contribution in [3.8, 4) is 11.1 Å². The van der Waals surface area contributed by atoms with Gasteiger partial charge in [-0.1, -0.05) is 81.4 Å². The number of carbonyl (C=O) groups excluding carboxylic acids is 2. The van der Waals surface area contributed by atoms with Crippen LogP contribution in [-0.2, 0) is 34.5 Å². The van der Waals surface area contributed by atoms with E-state index in [1.165, 1.54) is 16.7 Å². The van der Waals surface area contributed by atoms with E-state index in [1.807, 2.05) is 48.5 Å². The smallest absolute Gasteiger partial charge is 0.305 e. The summed E-state index contributed by atoms with van der Waals surface area (Å²) in [6, 6.07) is 30.6. The molecule has 1 aliphatic carbocycles. The number of amides is 2. The van der Waals surface area contributed by atoms with Crippen molar-refractivity contribution in [2.45, 2.75) is 65.0 Å².